The Kier molecular flexibility index (Phi) is 6.03. The minimum absolute atomic E-state index is 0.135. The number of rotatable bonds is 6. The lowest BCUT2D eigenvalue weighted by molar-refractivity contribution is 0.399. The van der Waals surface area contributed by atoms with Crippen molar-refractivity contribution in [1.29, 1.82) is 0 Å². The highest BCUT2D eigenvalue weighted by molar-refractivity contribution is 9.10. The summed E-state index contributed by atoms with van der Waals surface area (Å²) < 4.78 is 6.44. The zero-order chi connectivity index (χ0) is 15.2. The monoisotopic (exact) mass is 368 g/mol. The first-order valence-corrected chi connectivity index (χ1v) is 7.98. The van der Waals surface area contributed by atoms with Crippen LogP contribution in [0.5, 0.6) is 5.75 Å². The Balaban J connectivity index is 2.28. The summed E-state index contributed by atoms with van der Waals surface area (Å²) in [5.41, 5.74) is 2.12. The molecule has 0 radical (unpaired) electrons. The van der Waals surface area contributed by atoms with Gasteiger partial charge in [-0.3, -0.25) is 4.98 Å². The molecule has 0 spiro atoms. The molecule has 112 valence electrons. The van der Waals surface area contributed by atoms with Crippen LogP contribution in [0.1, 0.15) is 24.2 Å². The van der Waals surface area contributed by atoms with E-state index in [1.165, 1.54) is 0 Å². The van der Waals surface area contributed by atoms with Crippen molar-refractivity contribution in [2.45, 2.75) is 19.4 Å². The Hall–Kier alpha value is -1.10. The van der Waals surface area contributed by atoms with Crippen molar-refractivity contribution in [3.63, 3.8) is 0 Å². The summed E-state index contributed by atoms with van der Waals surface area (Å²) in [5, 5.41) is 4.16. The van der Waals surface area contributed by atoms with E-state index in [2.05, 4.69) is 33.2 Å². The molecule has 1 unspecified atom stereocenters. The van der Waals surface area contributed by atoms with Gasteiger partial charge in [-0.2, -0.15) is 0 Å². The predicted molar refractivity (Wildman–Crippen MR) is 90.1 cm³/mol. The fourth-order valence-corrected chi connectivity index (χ4v) is 2.64. The van der Waals surface area contributed by atoms with Gasteiger partial charge in [-0.15, -0.1) is 0 Å². The number of hydrogen-bond acceptors (Lipinski definition) is 3. The van der Waals surface area contributed by atoms with E-state index in [0.29, 0.717) is 5.02 Å². The van der Waals surface area contributed by atoms with Crippen molar-refractivity contribution in [1.82, 2.24) is 10.3 Å². The van der Waals surface area contributed by atoms with Crippen LogP contribution in [-0.4, -0.2) is 18.6 Å². The topological polar surface area (TPSA) is 34.2 Å². The number of methoxy groups -OCH3 is 1. The molecule has 5 heteroatoms. The molecule has 0 saturated heterocycles. The van der Waals surface area contributed by atoms with Gasteiger partial charge < -0.3 is 10.1 Å². The zero-order valence-corrected chi connectivity index (χ0v) is 14.4. The van der Waals surface area contributed by atoms with Crippen molar-refractivity contribution in [3.05, 3.63) is 57.3 Å². The maximum Gasteiger partial charge on any atom is 0.125 e. The molecule has 0 aliphatic rings. The Morgan fingerprint density at radius 3 is 2.76 bits per heavy atom. The number of hydrogen-bond donors (Lipinski definition) is 1. The smallest absolute Gasteiger partial charge is 0.125 e. The molecule has 2 aromatic rings. The van der Waals surface area contributed by atoms with Gasteiger partial charge in [-0.05, 0) is 46.7 Å². The summed E-state index contributed by atoms with van der Waals surface area (Å²) >= 11 is 9.44. The molecule has 0 bridgehead atoms. The van der Waals surface area contributed by atoms with E-state index in [0.717, 1.165) is 34.4 Å². The van der Waals surface area contributed by atoms with E-state index in [1.54, 1.807) is 7.11 Å². The number of pyridine rings is 1. The van der Waals surface area contributed by atoms with E-state index in [1.807, 2.05) is 36.5 Å². The van der Waals surface area contributed by atoms with Crippen LogP contribution in [0.2, 0.25) is 5.02 Å². The number of benzene rings is 1. The minimum atomic E-state index is 0.135. The second-order valence-corrected chi connectivity index (χ2v) is 6.02. The third-order valence-electron chi connectivity index (χ3n) is 3.22. The fourth-order valence-electron chi connectivity index (χ4n) is 2.25. The van der Waals surface area contributed by atoms with E-state index in [-0.39, 0.29) is 6.04 Å². The molecule has 1 aromatic carbocycles. The van der Waals surface area contributed by atoms with Gasteiger partial charge in [0.05, 0.1) is 7.11 Å². The van der Waals surface area contributed by atoms with Crippen molar-refractivity contribution in [2.24, 2.45) is 0 Å². The van der Waals surface area contributed by atoms with E-state index >= 15 is 0 Å². The Bertz CT molecular complexity index is 589. The van der Waals surface area contributed by atoms with Crippen LogP contribution in [-0.2, 0) is 6.42 Å². The summed E-state index contributed by atoms with van der Waals surface area (Å²) in [5.74, 6) is 0.797. The maximum absolute atomic E-state index is 6.04. The summed E-state index contributed by atoms with van der Waals surface area (Å²) in [6.07, 6.45) is 2.61. The van der Waals surface area contributed by atoms with Gasteiger partial charge in [0.2, 0.25) is 0 Å². The van der Waals surface area contributed by atoms with E-state index < -0.39 is 0 Å². The third kappa shape index (κ3) is 4.43. The van der Waals surface area contributed by atoms with Crippen LogP contribution >= 0.6 is 27.5 Å². The zero-order valence-electron chi connectivity index (χ0n) is 12.1. The predicted octanol–water partition coefficient (Wildman–Crippen LogP) is 4.40. The normalized spacial score (nSPS) is 12.2. The lowest BCUT2D eigenvalue weighted by Gasteiger charge is -2.20. The lowest BCUT2D eigenvalue weighted by Crippen LogP contribution is -2.23. The van der Waals surface area contributed by atoms with Gasteiger partial charge in [0.1, 0.15) is 5.75 Å². The SMILES string of the molecule is CCNC(Cc1ccc(Br)cn1)c1ccc(Cl)cc1OC. The molecule has 0 aliphatic heterocycles. The van der Waals surface area contributed by atoms with Gasteiger partial charge in [0.15, 0.2) is 0 Å². The highest BCUT2D eigenvalue weighted by Crippen LogP contribution is 2.30. The molecule has 0 saturated carbocycles. The maximum atomic E-state index is 6.04. The van der Waals surface area contributed by atoms with Crippen LogP contribution in [0.3, 0.4) is 0 Å². The first-order chi connectivity index (χ1) is 10.1. The summed E-state index contributed by atoms with van der Waals surface area (Å²) in [6, 6.07) is 9.90. The summed E-state index contributed by atoms with van der Waals surface area (Å²) in [6.45, 7) is 2.96. The van der Waals surface area contributed by atoms with Crippen molar-refractivity contribution < 1.29 is 4.74 Å². The first kappa shape index (κ1) is 16.3. The van der Waals surface area contributed by atoms with Gasteiger partial charge in [0, 0.05) is 39.4 Å². The molecule has 1 heterocycles. The van der Waals surface area contributed by atoms with Gasteiger partial charge in [0.25, 0.3) is 0 Å². The molecular weight excluding hydrogens is 352 g/mol. The first-order valence-electron chi connectivity index (χ1n) is 6.81. The molecule has 0 amide bonds. The quantitative estimate of drug-likeness (QED) is 0.819. The Morgan fingerprint density at radius 1 is 1.33 bits per heavy atom. The summed E-state index contributed by atoms with van der Waals surface area (Å²) in [7, 11) is 1.66. The van der Waals surface area contributed by atoms with Crippen molar-refractivity contribution in [3.8, 4) is 5.75 Å². The average molecular weight is 370 g/mol. The number of aromatic nitrogens is 1. The second-order valence-electron chi connectivity index (χ2n) is 4.67. The third-order valence-corrected chi connectivity index (χ3v) is 3.93. The Morgan fingerprint density at radius 2 is 2.14 bits per heavy atom. The van der Waals surface area contributed by atoms with Crippen molar-refractivity contribution >= 4 is 27.5 Å². The van der Waals surface area contributed by atoms with Gasteiger partial charge in [-0.25, -0.2) is 0 Å². The molecule has 1 aromatic heterocycles. The standard InChI is InChI=1S/C16H18BrClN2O/c1-3-19-15(9-13-6-4-11(17)10-20-13)14-7-5-12(18)8-16(14)21-2/h4-8,10,15,19H,3,9H2,1-2H3. The number of ether oxygens (including phenoxy) is 1. The van der Waals surface area contributed by atoms with E-state index in [4.69, 9.17) is 16.3 Å². The molecule has 1 N–H and O–H groups in total. The molecule has 21 heavy (non-hydrogen) atoms. The van der Waals surface area contributed by atoms with Crippen LogP contribution in [0.25, 0.3) is 0 Å². The molecular formula is C16H18BrClN2O. The second kappa shape index (κ2) is 7.78. The number of nitrogens with zero attached hydrogens (tertiary/aromatic N) is 1. The summed E-state index contributed by atoms with van der Waals surface area (Å²) in [4.78, 5) is 4.45. The van der Waals surface area contributed by atoms with Crippen LogP contribution in [0.15, 0.2) is 41.0 Å². The Labute approximate surface area is 138 Å². The molecule has 3 nitrogen and oxygen atoms in total. The molecule has 1 atom stereocenters. The highest BCUT2D eigenvalue weighted by atomic mass is 79.9. The minimum Gasteiger partial charge on any atom is -0.496 e. The number of nitrogens with one attached hydrogen (secondary N) is 1. The van der Waals surface area contributed by atoms with Crippen molar-refractivity contribution in [2.75, 3.05) is 13.7 Å². The number of likely N-dealkylation sites (N-methyl/N-ethyl adjacent to an activating group) is 1. The molecule has 0 fully saturated rings. The fraction of sp³-hybridized carbons (Fsp3) is 0.312. The highest BCUT2D eigenvalue weighted by Gasteiger charge is 2.16. The average Bonchev–Trinajstić information content (AvgIpc) is 2.49. The largest absolute Gasteiger partial charge is 0.496 e. The van der Waals surface area contributed by atoms with Gasteiger partial charge >= 0.3 is 0 Å². The molecule has 2 rings (SSSR count). The van der Waals surface area contributed by atoms with Crippen LogP contribution < -0.4 is 10.1 Å². The van der Waals surface area contributed by atoms with E-state index in [9.17, 15) is 0 Å². The van der Waals surface area contributed by atoms with Gasteiger partial charge in [-0.1, -0.05) is 24.6 Å². The van der Waals surface area contributed by atoms with Crippen LogP contribution in [0, 0.1) is 0 Å². The molecule has 0 aliphatic carbocycles. The number of halogens is 2. The van der Waals surface area contributed by atoms with Crippen LogP contribution in [0.4, 0.5) is 0 Å². The lowest BCUT2D eigenvalue weighted by atomic mass is 10.0.